The standard InChI is InChI=1S/C13H18N2O2S/c1-2-3-4-5-6-18-13-9(8-14)7-10(13)11(16)15-12(13)17/h9-10H,2-7H2,1H3,(H,15,16,17)/t9-,10+,13?/m1/s1. The van der Waals surface area contributed by atoms with Gasteiger partial charge in [0.25, 0.3) is 0 Å². The second kappa shape index (κ2) is 5.31. The molecule has 1 saturated heterocycles. The van der Waals surface area contributed by atoms with Crippen LogP contribution in [0.25, 0.3) is 0 Å². The van der Waals surface area contributed by atoms with Gasteiger partial charge in [0.05, 0.1) is 17.9 Å². The zero-order valence-electron chi connectivity index (χ0n) is 10.6. The predicted molar refractivity (Wildman–Crippen MR) is 69.7 cm³/mol. The molecule has 1 aliphatic carbocycles. The second-order valence-electron chi connectivity index (χ2n) is 4.99. The van der Waals surface area contributed by atoms with Gasteiger partial charge in [-0.2, -0.15) is 5.26 Å². The predicted octanol–water partition coefficient (Wildman–Crippen LogP) is 1.85. The molecule has 0 radical (unpaired) electrons. The Bertz CT molecular complexity index is 404. The summed E-state index contributed by atoms with van der Waals surface area (Å²) in [5.74, 6) is -0.144. The van der Waals surface area contributed by atoms with Crippen LogP contribution < -0.4 is 5.32 Å². The van der Waals surface area contributed by atoms with E-state index < -0.39 is 4.75 Å². The number of amides is 2. The molecular formula is C13H18N2O2S. The summed E-state index contributed by atoms with van der Waals surface area (Å²) < 4.78 is -0.766. The number of hydrogen-bond acceptors (Lipinski definition) is 4. The molecule has 18 heavy (non-hydrogen) atoms. The van der Waals surface area contributed by atoms with Gasteiger partial charge in [0.2, 0.25) is 11.8 Å². The third-order valence-corrected chi connectivity index (χ3v) is 5.63. The highest BCUT2D eigenvalue weighted by Crippen LogP contribution is 2.56. The topological polar surface area (TPSA) is 70.0 Å². The van der Waals surface area contributed by atoms with Crippen molar-refractivity contribution < 1.29 is 9.59 Å². The van der Waals surface area contributed by atoms with Crippen molar-refractivity contribution in [3.8, 4) is 6.07 Å². The third-order valence-electron chi connectivity index (χ3n) is 3.91. The maximum atomic E-state index is 12.0. The van der Waals surface area contributed by atoms with Gasteiger partial charge in [-0.15, -0.1) is 11.8 Å². The zero-order valence-corrected chi connectivity index (χ0v) is 11.4. The highest BCUT2D eigenvalue weighted by atomic mass is 32.2. The lowest BCUT2D eigenvalue weighted by Gasteiger charge is -2.44. The van der Waals surface area contributed by atoms with Crippen molar-refractivity contribution in [2.45, 2.75) is 43.8 Å². The minimum absolute atomic E-state index is 0.187. The van der Waals surface area contributed by atoms with Crippen molar-refractivity contribution >= 4 is 23.6 Å². The monoisotopic (exact) mass is 266 g/mol. The number of unbranched alkanes of at least 4 members (excludes halogenated alkanes) is 3. The molecule has 1 N–H and O–H groups in total. The maximum Gasteiger partial charge on any atom is 0.244 e. The van der Waals surface area contributed by atoms with Crippen LogP contribution in [-0.2, 0) is 9.59 Å². The number of nitrogens with one attached hydrogen (secondary N) is 1. The number of fused-ring (bicyclic) bond motifs is 1. The lowest BCUT2D eigenvalue weighted by atomic mass is 9.66. The molecule has 2 rings (SSSR count). The van der Waals surface area contributed by atoms with E-state index in [1.165, 1.54) is 24.6 Å². The number of thioether (sulfide) groups is 1. The molecule has 0 aromatic carbocycles. The van der Waals surface area contributed by atoms with Crippen LogP contribution in [0.1, 0.15) is 39.0 Å². The van der Waals surface area contributed by atoms with Gasteiger partial charge in [-0.1, -0.05) is 26.2 Å². The fraction of sp³-hybridized carbons (Fsp3) is 0.769. The Hall–Kier alpha value is -1.02. The number of imide groups is 1. The SMILES string of the molecule is CCCCCCSC12C(=O)NC(=O)[C@@H]1C[C@@H]2C#N. The molecule has 1 unspecified atom stereocenters. The lowest BCUT2D eigenvalue weighted by molar-refractivity contribution is -0.125. The first-order valence-corrected chi connectivity index (χ1v) is 7.54. The number of hydrogen-bond donors (Lipinski definition) is 1. The van der Waals surface area contributed by atoms with Crippen LogP contribution in [0, 0.1) is 23.2 Å². The maximum absolute atomic E-state index is 12.0. The Labute approximate surface area is 111 Å². The van der Waals surface area contributed by atoms with E-state index in [4.69, 9.17) is 5.26 Å². The van der Waals surface area contributed by atoms with Crippen LogP contribution in [0.15, 0.2) is 0 Å². The van der Waals surface area contributed by atoms with E-state index in [0.29, 0.717) is 6.42 Å². The van der Waals surface area contributed by atoms with E-state index in [9.17, 15) is 9.59 Å². The molecule has 0 aromatic heterocycles. The van der Waals surface area contributed by atoms with E-state index >= 15 is 0 Å². The van der Waals surface area contributed by atoms with Crippen molar-refractivity contribution in [1.82, 2.24) is 5.32 Å². The van der Waals surface area contributed by atoms with Crippen LogP contribution in [0.3, 0.4) is 0 Å². The number of rotatable bonds is 6. The molecular weight excluding hydrogens is 248 g/mol. The smallest absolute Gasteiger partial charge is 0.244 e. The van der Waals surface area contributed by atoms with Gasteiger partial charge in [-0.25, -0.2) is 0 Å². The van der Waals surface area contributed by atoms with E-state index in [-0.39, 0.29) is 23.7 Å². The second-order valence-corrected chi connectivity index (χ2v) is 6.36. The van der Waals surface area contributed by atoms with Crippen LogP contribution in [0.5, 0.6) is 0 Å². The molecule has 4 nitrogen and oxygen atoms in total. The van der Waals surface area contributed by atoms with E-state index in [1.54, 1.807) is 0 Å². The van der Waals surface area contributed by atoms with E-state index in [0.717, 1.165) is 18.6 Å². The lowest BCUT2D eigenvalue weighted by Crippen LogP contribution is -2.55. The summed E-state index contributed by atoms with van der Waals surface area (Å²) in [7, 11) is 0. The van der Waals surface area contributed by atoms with Crippen molar-refractivity contribution in [1.29, 1.82) is 5.26 Å². The first-order valence-electron chi connectivity index (χ1n) is 6.55. The number of nitriles is 1. The zero-order chi connectivity index (χ0) is 13.2. The van der Waals surface area contributed by atoms with Crippen LogP contribution in [0.2, 0.25) is 0 Å². The molecule has 5 heteroatoms. The highest BCUT2D eigenvalue weighted by molar-refractivity contribution is 8.01. The molecule has 1 aliphatic heterocycles. The van der Waals surface area contributed by atoms with Crippen LogP contribution in [-0.4, -0.2) is 22.3 Å². The third kappa shape index (κ3) is 1.93. The summed E-state index contributed by atoms with van der Waals surface area (Å²) in [5, 5.41) is 11.5. The van der Waals surface area contributed by atoms with Gasteiger partial charge >= 0.3 is 0 Å². The van der Waals surface area contributed by atoms with E-state index in [2.05, 4.69) is 18.3 Å². The van der Waals surface area contributed by atoms with Gasteiger partial charge in [0.15, 0.2) is 0 Å². The number of carbonyl (C=O) groups is 2. The van der Waals surface area contributed by atoms with Crippen molar-refractivity contribution in [3.05, 3.63) is 0 Å². The van der Waals surface area contributed by atoms with Crippen molar-refractivity contribution in [2.24, 2.45) is 11.8 Å². The summed E-state index contributed by atoms with van der Waals surface area (Å²) in [6.07, 6.45) is 5.11. The summed E-state index contributed by atoms with van der Waals surface area (Å²) >= 11 is 1.52. The number of carbonyl (C=O) groups excluding carboxylic acids is 2. The molecule has 0 aromatic rings. The van der Waals surface area contributed by atoms with Gasteiger partial charge in [0, 0.05) is 0 Å². The van der Waals surface area contributed by atoms with Gasteiger partial charge in [-0.05, 0) is 18.6 Å². The quantitative estimate of drug-likeness (QED) is 0.588. The average molecular weight is 266 g/mol. The van der Waals surface area contributed by atoms with Crippen molar-refractivity contribution in [3.63, 3.8) is 0 Å². The van der Waals surface area contributed by atoms with Crippen LogP contribution in [0.4, 0.5) is 0 Å². The molecule has 3 atom stereocenters. The van der Waals surface area contributed by atoms with Gasteiger partial charge in [-0.3, -0.25) is 14.9 Å². The molecule has 0 spiro atoms. The number of nitrogens with zero attached hydrogens (tertiary/aromatic N) is 1. The fourth-order valence-electron chi connectivity index (χ4n) is 2.77. The Morgan fingerprint density at radius 1 is 1.44 bits per heavy atom. The molecule has 0 bridgehead atoms. The Kier molecular flexibility index (Phi) is 3.96. The summed E-state index contributed by atoms with van der Waals surface area (Å²) in [6.45, 7) is 2.16. The van der Waals surface area contributed by atoms with Gasteiger partial charge in [0.1, 0.15) is 4.75 Å². The first kappa shape index (κ1) is 13.4. The molecule has 2 amide bonds. The Morgan fingerprint density at radius 2 is 2.22 bits per heavy atom. The molecule has 2 fully saturated rings. The normalized spacial score (nSPS) is 33.6. The largest absolute Gasteiger partial charge is 0.295 e. The first-order chi connectivity index (χ1) is 8.66. The van der Waals surface area contributed by atoms with Crippen LogP contribution >= 0.6 is 11.8 Å². The van der Waals surface area contributed by atoms with Gasteiger partial charge < -0.3 is 0 Å². The molecule has 2 aliphatic rings. The Morgan fingerprint density at radius 3 is 2.83 bits per heavy atom. The fourth-order valence-corrected chi connectivity index (χ4v) is 4.39. The summed E-state index contributed by atoms with van der Waals surface area (Å²) in [6, 6.07) is 2.18. The summed E-state index contributed by atoms with van der Waals surface area (Å²) in [5.41, 5.74) is 0. The Balaban J connectivity index is 1.96. The minimum Gasteiger partial charge on any atom is -0.295 e. The average Bonchev–Trinajstić information content (AvgIpc) is 2.49. The summed E-state index contributed by atoms with van der Waals surface area (Å²) in [4.78, 5) is 23.5. The molecule has 98 valence electrons. The molecule has 1 heterocycles. The highest BCUT2D eigenvalue weighted by Gasteiger charge is 2.68. The minimum atomic E-state index is -0.766. The van der Waals surface area contributed by atoms with Crippen molar-refractivity contribution in [2.75, 3.05) is 5.75 Å². The van der Waals surface area contributed by atoms with E-state index in [1.807, 2.05) is 0 Å². The molecule has 1 saturated carbocycles.